The minimum absolute atomic E-state index is 0.137. The number of carbonyl (C=O) groups excluding carboxylic acids is 2. The number of amides is 2. The quantitative estimate of drug-likeness (QED) is 0.656. The van der Waals surface area contributed by atoms with Gasteiger partial charge in [0.15, 0.2) is 0 Å². The maximum Gasteiger partial charge on any atom is 0.227 e. The van der Waals surface area contributed by atoms with Crippen LogP contribution in [0.15, 0.2) is 48.5 Å². The van der Waals surface area contributed by atoms with Crippen molar-refractivity contribution in [2.75, 3.05) is 32.8 Å². The summed E-state index contributed by atoms with van der Waals surface area (Å²) in [5.74, 6) is 1.21. The van der Waals surface area contributed by atoms with Gasteiger partial charge in [-0.25, -0.2) is 0 Å². The van der Waals surface area contributed by atoms with Crippen molar-refractivity contribution < 1.29 is 14.3 Å². The predicted octanol–water partition coefficient (Wildman–Crippen LogP) is 3.77. The molecule has 1 saturated heterocycles. The third kappa shape index (κ3) is 6.09. The van der Waals surface area contributed by atoms with Gasteiger partial charge in [0.05, 0.1) is 13.0 Å². The van der Waals surface area contributed by atoms with Crippen molar-refractivity contribution in [3.05, 3.63) is 65.2 Å². The smallest absolute Gasteiger partial charge is 0.227 e. The summed E-state index contributed by atoms with van der Waals surface area (Å²) in [7, 11) is 0. The molecule has 1 heterocycles. The molecule has 0 unspecified atom stereocenters. The zero-order valence-electron chi connectivity index (χ0n) is 18.1. The van der Waals surface area contributed by atoms with E-state index >= 15 is 0 Å². The summed E-state index contributed by atoms with van der Waals surface area (Å²) in [6, 6.07) is 15.9. The number of rotatable bonds is 7. The van der Waals surface area contributed by atoms with Crippen molar-refractivity contribution in [3.63, 3.8) is 0 Å². The van der Waals surface area contributed by atoms with Gasteiger partial charge >= 0.3 is 0 Å². The second-order valence-corrected chi connectivity index (χ2v) is 7.95. The van der Waals surface area contributed by atoms with E-state index in [0.29, 0.717) is 52.0 Å². The summed E-state index contributed by atoms with van der Waals surface area (Å²) in [6.07, 6.45) is 2.41. The fourth-order valence-electron chi connectivity index (χ4n) is 3.88. The number of carbonyl (C=O) groups is 2. The van der Waals surface area contributed by atoms with Crippen LogP contribution in [0.4, 0.5) is 0 Å². The number of para-hydroxylation sites is 1. The SMILES string of the molecule is Cc1cccc(C)c1OCCCC(=O)N1CCCN(C(=O)Cc2ccccc2)CC1. The second kappa shape index (κ2) is 10.8. The molecular weight excluding hydrogens is 376 g/mol. The van der Waals surface area contributed by atoms with Crippen LogP contribution in [0.5, 0.6) is 5.75 Å². The first kappa shape index (κ1) is 21.9. The van der Waals surface area contributed by atoms with Gasteiger partial charge in [-0.1, -0.05) is 48.5 Å². The van der Waals surface area contributed by atoms with E-state index in [4.69, 9.17) is 4.74 Å². The fraction of sp³-hybridized carbons (Fsp3) is 0.440. The van der Waals surface area contributed by atoms with Crippen LogP contribution in [0, 0.1) is 13.8 Å². The van der Waals surface area contributed by atoms with Gasteiger partial charge in [-0.05, 0) is 43.4 Å². The Kier molecular flexibility index (Phi) is 7.89. The van der Waals surface area contributed by atoms with E-state index in [9.17, 15) is 9.59 Å². The van der Waals surface area contributed by atoms with Crippen molar-refractivity contribution in [2.45, 2.75) is 39.5 Å². The molecule has 0 spiro atoms. The van der Waals surface area contributed by atoms with Crippen molar-refractivity contribution in [1.82, 2.24) is 9.80 Å². The lowest BCUT2D eigenvalue weighted by Gasteiger charge is -2.22. The molecule has 30 heavy (non-hydrogen) atoms. The molecule has 160 valence electrons. The summed E-state index contributed by atoms with van der Waals surface area (Å²) in [6.45, 7) is 7.25. The molecule has 1 fully saturated rings. The number of hydrogen-bond donors (Lipinski definition) is 0. The summed E-state index contributed by atoms with van der Waals surface area (Å²) >= 11 is 0. The predicted molar refractivity (Wildman–Crippen MR) is 119 cm³/mol. The topological polar surface area (TPSA) is 49.9 Å². The van der Waals surface area contributed by atoms with Crippen molar-refractivity contribution in [3.8, 4) is 5.75 Å². The normalized spacial score (nSPS) is 14.3. The van der Waals surface area contributed by atoms with E-state index in [1.807, 2.05) is 72.2 Å². The van der Waals surface area contributed by atoms with Crippen LogP contribution < -0.4 is 4.74 Å². The largest absolute Gasteiger partial charge is 0.493 e. The Bertz CT molecular complexity index is 830. The Morgan fingerprint density at radius 2 is 1.47 bits per heavy atom. The molecule has 0 saturated carbocycles. The van der Waals surface area contributed by atoms with Gasteiger partial charge < -0.3 is 14.5 Å². The summed E-state index contributed by atoms with van der Waals surface area (Å²) in [5, 5.41) is 0. The van der Waals surface area contributed by atoms with E-state index in [1.165, 1.54) is 0 Å². The van der Waals surface area contributed by atoms with Crippen LogP contribution in [0.2, 0.25) is 0 Å². The number of aryl methyl sites for hydroxylation is 2. The molecule has 1 aliphatic heterocycles. The molecule has 2 aromatic rings. The maximum atomic E-state index is 12.6. The third-order valence-corrected chi connectivity index (χ3v) is 5.59. The Balaban J connectivity index is 1.41. The van der Waals surface area contributed by atoms with E-state index in [0.717, 1.165) is 28.9 Å². The minimum atomic E-state index is 0.137. The zero-order chi connectivity index (χ0) is 21.3. The molecule has 2 amide bonds. The van der Waals surface area contributed by atoms with Gasteiger partial charge in [0.25, 0.3) is 0 Å². The molecule has 5 nitrogen and oxygen atoms in total. The van der Waals surface area contributed by atoms with Crippen molar-refractivity contribution in [2.24, 2.45) is 0 Å². The van der Waals surface area contributed by atoms with E-state index in [2.05, 4.69) is 0 Å². The van der Waals surface area contributed by atoms with Gasteiger partial charge in [-0.15, -0.1) is 0 Å². The van der Waals surface area contributed by atoms with Gasteiger partial charge in [-0.3, -0.25) is 9.59 Å². The molecule has 1 aliphatic rings. The number of benzene rings is 2. The van der Waals surface area contributed by atoms with Crippen molar-refractivity contribution in [1.29, 1.82) is 0 Å². The Morgan fingerprint density at radius 3 is 2.13 bits per heavy atom. The van der Waals surface area contributed by atoms with Crippen LogP contribution in [0.25, 0.3) is 0 Å². The van der Waals surface area contributed by atoms with Crippen LogP contribution in [-0.4, -0.2) is 54.4 Å². The maximum absolute atomic E-state index is 12.6. The first-order valence-electron chi connectivity index (χ1n) is 10.8. The third-order valence-electron chi connectivity index (χ3n) is 5.59. The van der Waals surface area contributed by atoms with Gasteiger partial charge in [0.2, 0.25) is 11.8 Å². The Hall–Kier alpha value is -2.82. The number of nitrogens with zero attached hydrogens (tertiary/aromatic N) is 2. The Morgan fingerprint density at radius 1 is 0.833 bits per heavy atom. The first-order chi connectivity index (χ1) is 14.5. The molecule has 0 aliphatic carbocycles. The second-order valence-electron chi connectivity index (χ2n) is 7.95. The van der Waals surface area contributed by atoms with Crippen LogP contribution in [0.1, 0.15) is 36.0 Å². The fourth-order valence-corrected chi connectivity index (χ4v) is 3.88. The lowest BCUT2D eigenvalue weighted by atomic mass is 10.1. The highest BCUT2D eigenvalue weighted by atomic mass is 16.5. The molecule has 2 aromatic carbocycles. The average Bonchev–Trinajstić information content (AvgIpc) is 3.00. The molecule has 5 heteroatoms. The highest BCUT2D eigenvalue weighted by Crippen LogP contribution is 2.22. The summed E-state index contributed by atoms with van der Waals surface area (Å²) in [5.41, 5.74) is 3.27. The van der Waals surface area contributed by atoms with Gasteiger partial charge in [-0.2, -0.15) is 0 Å². The molecule has 0 atom stereocenters. The minimum Gasteiger partial charge on any atom is -0.493 e. The van der Waals surface area contributed by atoms with Crippen molar-refractivity contribution >= 4 is 11.8 Å². The lowest BCUT2D eigenvalue weighted by molar-refractivity contribution is -0.133. The van der Waals surface area contributed by atoms with Gasteiger partial charge in [0, 0.05) is 32.6 Å². The molecule has 0 N–H and O–H groups in total. The lowest BCUT2D eigenvalue weighted by Crippen LogP contribution is -2.38. The van der Waals surface area contributed by atoms with E-state index in [-0.39, 0.29) is 11.8 Å². The molecule has 0 bridgehead atoms. The molecule has 3 rings (SSSR count). The van der Waals surface area contributed by atoms with Crippen LogP contribution in [-0.2, 0) is 16.0 Å². The number of hydrogen-bond acceptors (Lipinski definition) is 3. The van der Waals surface area contributed by atoms with E-state index < -0.39 is 0 Å². The molecule has 0 aromatic heterocycles. The highest BCUT2D eigenvalue weighted by molar-refractivity contribution is 5.79. The molecule has 0 radical (unpaired) electrons. The summed E-state index contributed by atoms with van der Waals surface area (Å²) < 4.78 is 5.91. The summed E-state index contributed by atoms with van der Waals surface area (Å²) in [4.78, 5) is 29.0. The molecular formula is C25H32N2O3. The zero-order valence-corrected chi connectivity index (χ0v) is 18.1. The highest BCUT2D eigenvalue weighted by Gasteiger charge is 2.21. The monoisotopic (exact) mass is 408 g/mol. The average molecular weight is 409 g/mol. The number of ether oxygens (including phenoxy) is 1. The van der Waals surface area contributed by atoms with Crippen LogP contribution >= 0.6 is 0 Å². The standard InChI is InChI=1S/C25H32N2O3/c1-20-9-6-10-21(2)25(20)30-18-7-13-23(28)26-14-8-15-27(17-16-26)24(29)19-22-11-4-3-5-12-22/h3-6,9-12H,7-8,13-19H2,1-2H3. The van der Waals surface area contributed by atoms with E-state index in [1.54, 1.807) is 0 Å². The Labute approximate surface area is 179 Å². The van der Waals surface area contributed by atoms with Gasteiger partial charge in [0.1, 0.15) is 5.75 Å². The first-order valence-corrected chi connectivity index (χ1v) is 10.8. The van der Waals surface area contributed by atoms with Crippen LogP contribution in [0.3, 0.4) is 0 Å².